The number of esters is 1. The number of rotatable bonds is 7. The van der Waals surface area contributed by atoms with E-state index in [-0.39, 0.29) is 0 Å². The molecular formula is C17H15F3N4O3. The number of hydrogen-bond acceptors (Lipinski definition) is 5. The van der Waals surface area contributed by atoms with Crippen LogP contribution < -0.4 is 9.47 Å². The maximum atomic E-state index is 12.1. The first-order valence-corrected chi connectivity index (χ1v) is 7.96. The van der Waals surface area contributed by atoms with Gasteiger partial charge in [-0.1, -0.05) is 0 Å². The van der Waals surface area contributed by atoms with E-state index < -0.39 is 18.2 Å². The minimum Gasteiger partial charge on any atom is -0.494 e. The largest absolute Gasteiger partial charge is 0.494 e. The van der Waals surface area contributed by atoms with E-state index in [1.807, 2.05) is 35.0 Å². The van der Waals surface area contributed by atoms with Crippen molar-refractivity contribution in [2.75, 3.05) is 6.61 Å². The predicted octanol–water partition coefficient (Wildman–Crippen LogP) is 3.07. The van der Waals surface area contributed by atoms with Crippen LogP contribution in [0.3, 0.4) is 0 Å². The fourth-order valence-corrected chi connectivity index (χ4v) is 2.24. The van der Waals surface area contributed by atoms with Crippen LogP contribution in [-0.2, 0) is 11.2 Å². The summed E-state index contributed by atoms with van der Waals surface area (Å²) >= 11 is 0. The van der Waals surface area contributed by atoms with Crippen molar-refractivity contribution in [1.82, 2.24) is 19.5 Å². The zero-order valence-corrected chi connectivity index (χ0v) is 13.9. The highest BCUT2D eigenvalue weighted by molar-refractivity contribution is 5.77. The van der Waals surface area contributed by atoms with Crippen LogP contribution in [0, 0.1) is 0 Å². The van der Waals surface area contributed by atoms with Gasteiger partial charge in [-0.2, -0.15) is 13.2 Å². The Hall–Kier alpha value is -3.30. The Morgan fingerprint density at radius 2 is 2.00 bits per heavy atom. The van der Waals surface area contributed by atoms with Crippen LogP contribution in [0.15, 0.2) is 49.2 Å². The summed E-state index contributed by atoms with van der Waals surface area (Å²) in [5.41, 5.74) is 1.43. The summed E-state index contributed by atoms with van der Waals surface area (Å²) in [6.45, 7) is 0.398. The first-order chi connectivity index (χ1) is 12.9. The molecule has 2 heterocycles. The average molecular weight is 380 g/mol. The van der Waals surface area contributed by atoms with Gasteiger partial charge in [0.1, 0.15) is 5.75 Å². The fraction of sp³-hybridized carbons (Fsp3) is 0.235. The Morgan fingerprint density at radius 1 is 1.22 bits per heavy atom. The Kier molecular flexibility index (Phi) is 5.43. The molecule has 0 aliphatic rings. The molecule has 7 nitrogen and oxygen atoms in total. The number of alkyl halides is 3. The highest BCUT2D eigenvalue weighted by Gasteiger charge is 2.41. The number of halogens is 3. The van der Waals surface area contributed by atoms with Gasteiger partial charge < -0.3 is 19.0 Å². The number of ether oxygens (including phenoxy) is 2. The van der Waals surface area contributed by atoms with Gasteiger partial charge in [-0.15, -0.1) is 0 Å². The SMILES string of the molecule is O=C(Oc1nc(CCCOc2ccc(-n3ccnc3)cc2)c[nH]1)C(F)(F)F. The van der Waals surface area contributed by atoms with Crippen LogP contribution in [0.1, 0.15) is 12.1 Å². The molecule has 0 amide bonds. The molecule has 0 atom stereocenters. The highest BCUT2D eigenvalue weighted by atomic mass is 19.4. The maximum absolute atomic E-state index is 12.1. The molecule has 1 N–H and O–H groups in total. The number of benzene rings is 1. The van der Waals surface area contributed by atoms with E-state index in [9.17, 15) is 18.0 Å². The second kappa shape index (κ2) is 7.94. The van der Waals surface area contributed by atoms with Crippen molar-refractivity contribution < 1.29 is 27.4 Å². The summed E-state index contributed by atoms with van der Waals surface area (Å²) in [6, 6.07) is 6.97. The van der Waals surface area contributed by atoms with Gasteiger partial charge in [0, 0.05) is 24.3 Å². The molecule has 0 unspecified atom stereocenters. The summed E-state index contributed by atoms with van der Waals surface area (Å²) in [5.74, 6) is -1.62. The Morgan fingerprint density at radius 3 is 2.67 bits per heavy atom. The lowest BCUT2D eigenvalue weighted by atomic mass is 10.2. The third kappa shape index (κ3) is 5.09. The Labute approximate surface area is 151 Å². The normalized spacial score (nSPS) is 11.4. The number of aromatic nitrogens is 4. The molecule has 1 aromatic carbocycles. The first kappa shape index (κ1) is 18.5. The summed E-state index contributed by atoms with van der Waals surface area (Å²) in [4.78, 5) is 20.9. The highest BCUT2D eigenvalue weighted by Crippen LogP contribution is 2.19. The van der Waals surface area contributed by atoms with Crippen molar-refractivity contribution in [3.63, 3.8) is 0 Å². The summed E-state index contributed by atoms with van der Waals surface area (Å²) < 4.78 is 48.0. The van der Waals surface area contributed by atoms with Gasteiger partial charge >= 0.3 is 18.2 Å². The number of nitrogens with zero attached hydrogens (tertiary/aromatic N) is 3. The lowest BCUT2D eigenvalue weighted by Crippen LogP contribution is -2.28. The Balaban J connectivity index is 1.42. The molecule has 0 bridgehead atoms. The van der Waals surface area contributed by atoms with Crippen molar-refractivity contribution >= 4 is 5.97 Å². The van der Waals surface area contributed by atoms with Gasteiger partial charge in [0.2, 0.25) is 0 Å². The number of nitrogens with one attached hydrogen (secondary N) is 1. The molecule has 0 saturated carbocycles. The summed E-state index contributed by atoms with van der Waals surface area (Å²) in [7, 11) is 0. The molecule has 10 heteroatoms. The zero-order valence-electron chi connectivity index (χ0n) is 13.9. The molecule has 0 spiro atoms. The van der Waals surface area contributed by atoms with Crippen LogP contribution in [0.4, 0.5) is 13.2 Å². The minimum absolute atomic E-state index is 0.398. The van der Waals surface area contributed by atoms with Crippen molar-refractivity contribution in [2.24, 2.45) is 0 Å². The van der Waals surface area contributed by atoms with E-state index >= 15 is 0 Å². The van der Waals surface area contributed by atoms with Crippen LogP contribution in [0.25, 0.3) is 5.69 Å². The molecule has 3 rings (SSSR count). The van der Waals surface area contributed by atoms with E-state index in [2.05, 4.69) is 19.7 Å². The lowest BCUT2D eigenvalue weighted by molar-refractivity contribution is -0.190. The second-order valence-corrected chi connectivity index (χ2v) is 5.50. The maximum Gasteiger partial charge on any atom is 0.491 e. The number of aromatic amines is 1. The van der Waals surface area contributed by atoms with Gasteiger partial charge in [-0.25, -0.2) is 14.8 Å². The van der Waals surface area contributed by atoms with Gasteiger partial charge in [0.15, 0.2) is 0 Å². The van der Waals surface area contributed by atoms with Gasteiger partial charge in [-0.05, 0) is 37.1 Å². The number of hydrogen-bond donors (Lipinski definition) is 1. The summed E-state index contributed by atoms with van der Waals surface area (Å²) in [5, 5.41) is 0. The monoisotopic (exact) mass is 380 g/mol. The first-order valence-electron chi connectivity index (χ1n) is 7.96. The standard InChI is InChI=1S/C17H15F3N4O3/c18-17(19,20)15(25)27-16-22-10-12(23-16)2-1-9-26-14-5-3-13(4-6-14)24-8-7-21-11-24/h3-8,10-11H,1-2,9H2,(H,22,23). The topological polar surface area (TPSA) is 82.0 Å². The van der Waals surface area contributed by atoms with Gasteiger partial charge in [0.25, 0.3) is 0 Å². The number of imidazole rings is 2. The lowest BCUT2D eigenvalue weighted by Gasteiger charge is -2.07. The van der Waals surface area contributed by atoms with E-state index in [1.165, 1.54) is 6.20 Å². The van der Waals surface area contributed by atoms with Crippen molar-refractivity contribution in [2.45, 2.75) is 19.0 Å². The van der Waals surface area contributed by atoms with Crippen LogP contribution in [0.5, 0.6) is 11.8 Å². The van der Waals surface area contributed by atoms with Gasteiger partial charge in [-0.3, -0.25) is 0 Å². The van der Waals surface area contributed by atoms with E-state index in [0.717, 1.165) is 5.69 Å². The predicted molar refractivity (Wildman–Crippen MR) is 87.7 cm³/mol. The van der Waals surface area contributed by atoms with Crippen molar-refractivity contribution in [1.29, 1.82) is 0 Å². The van der Waals surface area contributed by atoms with Crippen LogP contribution in [-0.4, -0.2) is 38.3 Å². The van der Waals surface area contributed by atoms with E-state index in [0.29, 0.717) is 30.9 Å². The fourth-order valence-electron chi connectivity index (χ4n) is 2.24. The molecule has 0 fully saturated rings. The molecule has 0 radical (unpaired) electrons. The zero-order chi connectivity index (χ0) is 19.3. The number of carbonyl (C=O) groups excluding carboxylic acids is 1. The Bertz CT molecular complexity index is 874. The minimum atomic E-state index is -5.06. The van der Waals surface area contributed by atoms with Crippen molar-refractivity contribution in [3.8, 4) is 17.4 Å². The van der Waals surface area contributed by atoms with Crippen LogP contribution in [0.2, 0.25) is 0 Å². The second-order valence-electron chi connectivity index (χ2n) is 5.50. The third-order valence-corrected chi connectivity index (χ3v) is 3.51. The molecule has 0 saturated heterocycles. The molecule has 142 valence electrons. The van der Waals surface area contributed by atoms with Crippen molar-refractivity contribution in [3.05, 3.63) is 54.9 Å². The number of carbonyl (C=O) groups is 1. The molecular weight excluding hydrogens is 365 g/mol. The van der Waals surface area contributed by atoms with Crippen LogP contribution >= 0.6 is 0 Å². The summed E-state index contributed by atoms with van der Waals surface area (Å²) in [6.07, 6.45) is 2.58. The average Bonchev–Trinajstić information content (AvgIpc) is 3.30. The number of aryl methyl sites for hydroxylation is 1. The molecule has 27 heavy (non-hydrogen) atoms. The smallest absolute Gasteiger partial charge is 0.491 e. The quantitative estimate of drug-likeness (QED) is 0.503. The van der Waals surface area contributed by atoms with E-state index in [1.54, 1.807) is 12.5 Å². The van der Waals surface area contributed by atoms with E-state index in [4.69, 9.17) is 4.74 Å². The molecule has 3 aromatic rings. The van der Waals surface area contributed by atoms with Gasteiger partial charge in [0.05, 0.1) is 18.6 Å². The molecule has 0 aliphatic carbocycles. The number of H-pyrrole nitrogens is 1. The third-order valence-electron chi connectivity index (χ3n) is 3.51. The molecule has 2 aromatic heterocycles. The molecule has 0 aliphatic heterocycles.